The highest BCUT2D eigenvalue weighted by atomic mass is 16.5. The maximum atomic E-state index is 5.06. The molecular weight excluding hydrogens is 202 g/mol. The summed E-state index contributed by atoms with van der Waals surface area (Å²) in [5, 5.41) is 3.38. The molecule has 2 rings (SSSR count). The number of nitrogens with zero attached hydrogens (tertiary/aromatic N) is 2. The van der Waals surface area contributed by atoms with Crippen LogP contribution in [0.25, 0.3) is 0 Å². The highest BCUT2D eigenvalue weighted by Crippen LogP contribution is 2.49. The minimum Gasteiger partial charge on any atom is -0.481 e. The van der Waals surface area contributed by atoms with Crippen molar-refractivity contribution in [1.82, 2.24) is 9.97 Å². The van der Waals surface area contributed by atoms with E-state index in [1.807, 2.05) is 6.07 Å². The number of hydrogen-bond acceptors (Lipinski definition) is 4. The molecule has 0 radical (unpaired) electrons. The zero-order valence-corrected chi connectivity index (χ0v) is 9.99. The van der Waals surface area contributed by atoms with E-state index >= 15 is 0 Å². The molecule has 1 N–H and O–H groups in total. The molecule has 4 heteroatoms. The topological polar surface area (TPSA) is 47.0 Å². The van der Waals surface area contributed by atoms with E-state index in [4.69, 9.17) is 4.74 Å². The van der Waals surface area contributed by atoms with Crippen LogP contribution in [0.1, 0.15) is 32.6 Å². The third-order valence-corrected chi connectivity index (χ3v) is 3.23. The Labute approximate surface area is 96.4 Å². The minimum atomic E-state index is 0.535. The number of ether oxygens (including phenoxy) is 1. The van der Waals surface area contributed by atoms with Crippen LogP contribution in [-0.2, 0) is 0 Å². The largest absolute Gasteiger partial charge is 0.481 e. The molecule has 0 atom stereocenters. The van der Waals surface area contributed by atoms with Gasteiger partial charge in [-0.25, -0.2) is 9.97 Å². The monoisotopic (exact) mass is 221 g/mol. The predicted molar refractivity (Wildman–Crippen MR) is 63.6 cm³/mol. The van der Waals surface area contributed by atoms with Gasteiger partial charge < -0.3 is 10.1 Å². The fraction of sp³-hybridized carbons (Fsp3) is 0.667. The number of nitrogens with one attached hydrogen (secondary N) is 1. The quantitative estimate of drug-likeness (QED) is 0.801. The number of methoxy groups -OCH3 is 1. The molecule has 0 aliphatic heterocycles. The van der Waals surface area contributed by atoms with E-state index in [0.717, 1.165) is 12.4 Å². The Morgan fingerprint density at radius 1 is 1.44 bits per heavy atom. The van der Waals surface area contributed by atoms with Crippen molar-refractivity contribution in [3.05, 3.63) is 12.4 Å². The van der Waals surface area contributed by atoms with Crippen LogP contribution in [0.5, 0.6) is 5.88 Å². The zero-order chi connectivity index (χ0) is 11.4. The molecule has 16 heavy (non-hydrogen) atoms. The van der Waals surface area contributed by atoms with Crippen LogP contribution in [0.3, 0.4) is 0 Å². The van der Waals surface area contributed by atoms with Gasteiger partial charge in [0.05, 0.1) is 7.11 Å². The third-order valence-electron chi connectivity index (χ3n) is 3.23. The van der Waals surface area contributed by atoms with Gasteiger partial charge in [-0.2, -0.15) is 0 Å². The number of rotatable bonds is 6. The Morgan fingerprint density at radius 2 is 2.25 bits per heavy atom. The molecule has 1 aromatic heterocycles. The SMILES string of the molecule is CCCC1(CNc2cc(OC)ncn2)CC1. The first-order valence-corrected chi connectivity index (χ1v) is 5.88. The Bertz CT molecular complexity index is 350. The van der Waals surface area contributed by atoms with Gasteiger partial charge in [0.1, 0.15) is 12.1 Å². The molecule has 0 bridgehead atoms. The average Bonchev–Trinajstić information content (AvgIpc) is 3.08. The summed E-state index contributed by atoms with van der Waals surface area (Å²) < 4.78 is 5.06. The van der Waals surface area contributed by atoms with Gasteiger partial charge in [-0.3, -0.25) is 0 Å². The van der Waals surface area contributed by atoms with Crippen LogP contribution in [-0.4, -0.2) is 23.6 Å². The lowest BCUT2D eigenvalue weighted by molar-refractivity contribution is 0.397. The van der Waals surface area contributed by atoms with E-state index in [1.54, 1.807) is 7.11 Å². The molecule has 1 aliphatic carbocycles. The second-order valence-electron chi connectivity index (χ2n) is 4.55. The van der Waals surface area contributed by atoms with Gasteiger partial charge in [0.25, 0.3) is 0 Å². The Morgan fingerprint density at radius 3 is 2.88 bits per heavy atom. The molecule has 0 saturated heterocycles. The lowest BCUT2D eigenvalue weighted by Crippen LogP contribution is -2.15. The molecule has 4 nitrogen and oxygen atoms in total. The highest BCUT2D eigenvalue weighted by molar-refractivity contribution is 5.37. The van der Waals surface area contributed by atoms with Gasteiger partial charge in [0.15, 0.2) is 0 Å². The smallest absolute Gasteiger partial charge is 0.218 e. The van der Waals surface area contributed by atoms with E-state index in [0.29, 0.717) is 11.3 Å². The van der Waals surface area contributed by atoms with Gasteiger partial charge in [-0.05, 0) is 24.7 Å². The van der Waals surface area contributed by atoms with E-state index in [-0.39, 0.29) is 0 Å². The van der Waals surface area contributed by atoms with Crippen LogP contribution < -0.4 is 10.1 Å². The molecule has 1 aromatic rings. The van der Waals surface area contributed by atoms with Crippen molar-refractivity contribution in [2.24, 2.45) is 5.41 Å². The minimum absolute atomic E-state index is 0.535. The van der Waals surface area contributed by atoms with Gasteiger partial charge in [-0.1, -0.05) is 13.3 Å². The fourth-order valence-electron chi connectivity index (χ4n) is 2.05. The number of aromatic nitrogens is 2. The van der Waals surface area contributed by atoms with E-state index in [9.17, 15) is 0 Å². The second kappa shape index (κ2) is 4.68. The van der Waals surface area contributed by atoms with Crippen molar-refractivity contribution in [2.45, 2.75) is 32.6 Å². The Hall–Kier alpha value is -1.32. The van der Waals surface area contributed by atoms with Gasteiger partial charge >= 0.3 is 0 Å². The summed E-state index contributed by atoms with van der Waals surface area (Å²) in [5.41, 5.74) is 0.535. The third kappa shape index (κ3) is 2.62. The van der Waals surface area contributed by atoms with E-state index in [2.05, 4.69) is 22.2 Å². The lowest BCUT2D eigenvalue weighted by Gasteiger charge is -2.15. The summed E-state index contributed by atoms with van der Waals surface area (Å²) in [4.78, 5) is 8.16. The normalized spacial score (nSPS) is 16.9. The first kappa shape index (κ1) is 11.2. The molecule has 1 aliphatic rings. The molecule has 0 unspecified atom stereocenters. The van der Waals surface area contributed by atoms with E-state index in [1.165, 1.54) is 32.0 Å². The van der Waals surface area contributed by atoms with Crippen LogP contribution >= 0.6 is 0 Å². The standard InChI is InChI=1S/C12H19N3O/c1-3-4-12(5-6-12)8-13-10-7-11(16-2)15-9-14-10/h7,9H,3-6,8H2,1-2H3,(H,13,14,15). The van der Waals surface area contributed by atoms with Crippen molar-refractivity contribution in [3.8, 4) is 5.88 Å². The van der Waals surface area contributed by atoms with Crippen molar-refractivity contribution in [1.29, 1.82) is 0 Å². The maximum Gasteiger partial charge on any atom is 0.218 e. The van der Waals surface area contributed by atoms with Crippen LogP contribution in [0.2, 0.25) is 0 Å². The molecule has 88 valence electrons. The Balaban J connectivity index is 1.89. The molecule has 0 amide bonds. The fourth-order valence-corrected chi connectivity index (χ4v) is 2.05. The highest BCUT2D eigenvalue weighted by Gasteiger charge is 2.41. The van der Waals surface area contributed by atoms with Gasteiger partial charge in [-0.15, -0.1) is 0 Å². The van der Waals surface area contributed by atoms with Gasteiger partial charge in [0, 0.05) is 12.6 Å². The summed E-state index contributed by atoms with van der Waals surface area (Å²) in [6.45, 7) is 3.26. The van der Waals surface area contributed by atoms with Crippen LogP contribution in [0.4, 0.5) is 5.82 Å². The van der Waals surface area contributed by atoms with Crippen LogP contribution in [0, 0.1) is 5.41 Å². The summed E-state index contributed by atoms with van der Waals surface area (Å²) >= 11 is 0. The van der Waals surface area contributed by atoms with Crippen molar-refractivity contribution < 1.29 is 4.74 Å². The molecule has 0 spiro atoms. The van der Waals surface area contributed by atoms with Crippen molar-refractivity contribution in [3.63, 3.8) is 0 Å². The molecule has 0 aromatic carbocycles. The summed E-state index contributed by atoms with van der Waals surface area (Å²) in [6, 6.07) is 1.84. The summed E-state index contributed by atoms with van der Waals surface area (Å²) in [6.07, 6.45) is 6.78. The lowest BCUT2D eigenvalue weighted by atomic mass is 10.0. The number of hydrogen-bond donors (Lipinski definition) is 1. The van der Waals surface area contributed by atoms with Crippen molar-refractivity contribution >= 4 is 5.82 Å². The summed E-state index contributed by atoms with van der Waals surface area (Å²) in [7, 11) is 1.62. The number of anilines is 1. The molecule has 1 fully saturated rings. The van der Waals surface area contributed by atoms with Gasteiger partial charge in [0.2, 0.25) is 5.88 Å². The average molecular weight is 221 g/mol. The van der Waals surface area contributed by atoms with E-state index < -0.39 is 0 Å². The molecule has 1 saturated carbocycles. The first-order chi connectivity index (χ1) is 7.78. The maximum absolute atomic E-state index is 5.06. The zero-order valence-electron chi connectivity index (χ0n) is 9.99. The second-order valence-corrected chi connectivity index (χ2v) is 4.55. The molecule has 1 heterocycles. The Kier molecular flexibility index (Phi) is 3.27. The van der Waals surface area contributed by atoms with Crippen LogP contribution in [0.15, 0.2) is 12.4 Å². The first-order valence-electron chi connectivity index (χ1n) is 5.88. The summed E-state index contributed by atoms with van der Waals surface area (Å²) in [5.74, 6) is 1.46. The van der Waals surface area contributed by atoms with Crippen molar-refractivity contribution in [2.75, 3.05) is 19.0 Å². The predicted octanol–water partition coefficient (Wildman–Crippen LogP) is 2.48. The molecular formula is C12H19N3O.